The quantitative estimate of drug-likeness (QED) is 0.745. The topological polar surface area (TPSA) is 15.3 Å². The van der Waals surface area contributed by atoms with Gasteiger partial charge in [-0.1, -0.05) is 0 Å². The molecule has 2 unspecified atom stereocenters. The van der Waals surface area contributed by atoms with E-state index in [-0.39, 0.29) is 0 Å². The molecule has 84 valence electrons. The molecule has 0 aromatic rings. The first kappa shape index (κ1) is 11.8. The Morgan fingerprint density at radius 3 is 2.64 bits per heavy atom. The third kappa shape index (κ3) is 3.84. The second-order valence-corrected chi connectivity index (χ2v) is 4.02. The normalized spacial score (nSPS) is 27.6. The molecule has 0 amide bonds. The first-order valence-corrected chi connectivity index (χ1v) is 4.92. The largest absolute Gasteiger partial charge is 0.390 e. The van der Waals surface area contributed by atoms with E-state index in [1.54, 1.807) is 6.92 Å². The number of nitrogens with one attached hydrogen (secondary N) is 1. The van der Waals surface area contributed by atoms with Gasteiger partial charge >= 0.3 is 6.18 Å². The number of hydrogen-bond donors (Lipinski definition) is 1. The molecule has 2 nitrogen and oxygen atoms in total. The van der Waals surface area contributed by atoms with Crippen molar-refractivity contribution >= 4 is 0 Å². The van der Waals surface area contributed by atoms with Crippen molar-refractivity contribution in [3.05, 3.63) is 0 Å². The summed E-state index contributed by atoms with van der Waals surface area (Å²) in [7, 11) is 0. The molecule has 0 aromatic carbocycles. The Bertz CT molecular complexity index is 181. The summed E-state index contributed by atoms with van der Waals surface area (Å²) in [5.41, 5.74) is 0. The monoisotopic (exact) mass is 210 g/mol. The van der Waals surface area contributed by atoms with Gasteiger partial charge in [-0.2, -0.15) is 13.2 Å². The summed E-state index contributed by atoms with van der Waals surface area (Å²) in [5.74, 6) is 0. The van der Waals surface area contributed by atoms with Crippen molar-refractivity contribution < 1.29 is 13.2 Å². The van der Waals surface area contributed by atoms with Gasteiger partial charge in [-0.15, -0.1) is 0 Å². The van der Waals surface area contributed by atoms with Crippen LogP contribution in [0.1, 0.15) is 20.3 Å². The summed E-state index contributed by atoms with van der Waals surface area (Å²) in [4.78, 5) is 1.90. The summed E-state index contributed by atoms with van der Waals surface area (Å²) in [6.45, 7) is 5.83. The van der Waals surface area contributed by atoms with Gasteiger partial charge in [0.15, 0.2) is 0 Å². The Kier molecular flexibility index (Phi) is 3.78. The number of halogens is 3. The van der Waals surface area contributed by atoms with Gasteiger partial charge in [0.2, 0.25) is 0 Å². The molecule has 14 heavy (non-hydrogen) atoms. The lowest BCUT2D eigenvalue weighted by molar-refractivity contribution is -0.146. The van der Waals surface area contributed by atoms with Crippen molar-refractivity contribution in [2.75, 3.05) is 19.6 Å². The second kappa shape index (κ2) is 4.49. The smallest absolute Gasteiger partial charge is 0.312 e. The summed E-state index contributed by atoms with van der Waals surface area (Å²) in [6.07, 6.45) is -4.76. The lowest BCUT2D eigenvalue weighted by Gasteiger charge is -2.36. The van der Waals surface area contributed by atoms with Gasteiger partial charge in [-0.25, -0.2) is 0 Å². The highest BCUT2D eigenvalue weighted by Crippen LogP contribution is 2.24. The predicted octanol–water partition coefficient (Wildman–Crippen LogP) is 1.62. The van der Waals surface area contributed by atoms with E-state index in [1.807, 2.05) is 11.8 Å². The van der Waals surface area contributed by atoms with Crippen molar-refractivity contribution in [1.29, 1.82) is 0 Å². The highest BCUT2D eigenvalue weighted by Gasteiger charge is 2.33. The van der Waals surface area contributed by atoms with Gasteiger partial charge in [-0.3, -0.25) is 4.90 Å². The molecule has 1 aliphatic rings. The van der Waals surface area contributed by atoms with E-state index in [0.29, 0.717) is 19.1 Å². The molecule has 1 N–H and O–H groups in total. The van der Waals surface area contributed by atoms with Crippen molar-refractivity contribution in [3.63, 3.8) is 0 Å². The molecule has 0 spiro atoms. The molecule has 1 aliphatic heterocycles. The van der Waals surface area contributed by atoms with Crippen LogP contribution in [0.4, 0.5) is 13.2 Å². The van der Waals surface area contributed by atoms with E-state index in [0.717, 1.165) is 6.54 Å². The molecule has 0 radical (unpaired) electrons. The van der Waals surface area contributed by atoms with E-state index >= 15 is 0 Å². The number of rotatable bonds is 2. The van der Waals surface area contributed by atoms with Gasteiger partial charge < -0.3 is 5.32 Å². The first-order valence-electron chi connectivity index (χ1n) is 4.92. The van der Waals surface area contributed by atoms with E-state index in [4.69, 9.17) is 0 Å². The van der Waals surface area contributed by atoms with Crippen LogP contribution >= 0.6 is 0 Å². The molecule has 0 saturated carbocycles. The van der Waals surface area contributed by atoms with Crippen molar-refractivity contribution in [3.8, 4) is 0 Å². The fraction of sp³-hybridized carbons (Fsp3) is 1.00. The van der Waals surface area contributed by atoms with Crippen molar-refractivity contribution in [2.45, 2.75) is 38.5 Å². The van der Waals surface area contributed by atoms with Crippen LogP contribution in [0.3, 0.4) is 0 Å². The molecular weight excluding hydrogens is 193 g/mol. The zero-order chi connectivity index (χ0) is 10.8. The minimum absolute atomic E-state index is 0.291. The number of nitrogens with zero attached hydrogens (tertiary/aromatic N) is 1. The molecule has 2 atom stereocenters. The zero-order valence-corrected chi connectivity index (χ0v) is 8.56. The lowest BCUT2D eigenvalue weighted by Crippen LogP contribution is -2.52. The molecule has 1 rings (SSSR count). The Hall–Kier alpha value is -0.290. The van der Waals surface area contributed by atoms with Gasteiger partial charge in [0.25, 0.3) is 0 Å². The van der Waals surface area contributed by atoms with Crippen LogP contribution in [0, 0.1) is 0 Å². The molecular formula is C9H17F3N2. The molecule has 1 saturated heterocycles. The Balaban J connectivity index is 2.39. The minimum Gasteiger partial charge on any atom is -0.312 e. The molecule has 1 heterocycles. The highest BCUT2D eigenvalue weighted by molar-refractivity contribution is 4.79. The van der Waals surface area contributed by atoms with E-state index in [9.17, 15) is 13.2 Å². The van der Waals surface area contributed by atoms with Crippen LogP contribution in [0.5, 0.6) is 0 Å². The average molecular weight is 210 g/mol. The van der Waals surface area contributed by atoms with Crippen molar-refractivity contribution in [2.24, 2.45) is 0 Å². The second-order valence-electron chi connectivity index (χ2n) is 4.02. The van der Waals surface area contributed by atoms with Crippen LogP contribution in [0.2, 0.25) is 0 Å². The van der Waals surface area contributed by atoms with Gasteiger partial charge in [0.05, 0.1) is 6.42 Å². The Morgan fingerprint density at radius 1 is 1.50 bits per heavy atom. The average Bonchev–Trinajstić information content (AvgIpc) is 2.01. The SMILES string of the molecule is CC1CN(C(C)CC(F)(F)F)CCN1. The standard InChI is InChI=1S/C9H17F3N2/c1-7-6-14(4-3-13-7)8(2)5-9(10,11)12/h7-8,13H,3-6H2,1-2H3. The first-order chi connectivity index (χ1) is 6.38. The van der Waals surface area contributed by atoms with E-state index in [1.165, 1.54) is 0 Å². The molecule has 1 fully saturated rings. The van der Waals surface area contributed by atoms with Gasteiger partial charge in [0.1, 0.15) is 0 Å². The third-order valence-corrected chi connectivity index (χ3v) is 2.55. The van der Waals surface area contributed by atoms with Crippen LogP contribution in [0.25, 0.3) is 0 Å². The number of hydrogen-bond acceptors (Lipinski definition) is 2. The number of alkyl halides is 3. The molecule has 0 bridgehead atoms. The van der Waals surface area contributed by atoms with Crippen LogP contribution in [-0.2, 0) is 0 Å². The Labute approximate surface area is 82.5 Å². The van der Waals surface area contributed by atoms with E-state index < -0.39 is 18.6 Å². The lowest BCUT2D eigenvalue weighted by atomic mass is 10.1. The maximum atomic E-state index is 12.1. The highest BCUT2D eigenvalue weighted by atomic mass is 19.4. The third-order valence-electron chi connectivity index (χ3n) is 2.55. The molecule has 0 aliphatic carbocycles. The summed E-state index contributed by atoms with van der Waals surface area (Å²) < 4.78 is 36.3. The van der Waals surface area contributed by atoms with Gasteiger partial charge in [0, 0.05) is 31.7 Å². The predicted molar refractivity (Wildman–Crippen MR) is 49.2 cm³/mol. The van der Waals surface area contributed by atoms with Crippen LogP contribution < -0.4 is 5.32 Å². The maximum absolute atomic E-state index is 12.1. The van der Waals surface area contributed by atoms with Crippen molar-refractivity contribution in [1.82, 2.24) is 10.2 Å². The summed E-state index contributed by atoms with van der Waals surface area (Å²) >= 11 is 0. The van der Waals surface area contributed by atoms with Crippen LogP contribution in [-0.4, -0.2) is 42.8 Å². The van der Waals surface area contributed by atoms with Gasteiger partial charge in [-0.05, 0) is 13.8 Å². The zero-order valence-electron chi connectivity index (χ0n) is 8.56. The molecule has 0 aromatic heterocycles. The summed E-state index contributed by atoms with van der Waals surface area (Å²) in [5, 5.41) is 3.21. The number of piperazine rings is 1. The van der Waals surface area contributed by atoms with E-state index in [2.05, 4.69) is 5.32 Å². The fourth-order valence-electron chi connectivity index (χ4n) is 1.83. The van der Waals surface area contributed by atoms with Crippen LogP contribution in [0.15, 0.2) is 0 Å². The minimum atomic E-state index is -4.05. The summed E-state index contributed by atoms with van der Waals surface area (Å²) in [6, 6.07) is -0.112. The fourth-order valence-corrected chi connectivity index (χ4v) is 1.83. The maximum Gasteiger partial charge on any atom is 0.390 e. The molecule has 5 heteroatoms. The Morgan fingerprint density at radius 2 is 2.14 bits per heavy atom.